The van der Waals surface area contributed by atoms with Gasteiger partial charge in [0.05, 0.1) is 31.4 Å². The van der Waals surface area contributed by atoms with Crippen LogP contribution < -0.4 is 10.2 Å². The van der Waals surface area contributed by atoms with E-state index in [1.165, 1.54) is 0 Å². The first-order chi connectivity index (χ1) is 13.1. The fourth-order valence-corrected chi connectivity index (χ4v) is 2.54. The summed E-state index contributed by atoms with van der Waals surface area (Å²) in [5.41, 5.74) is 5.65. The van der Waals surface area contributed by atoms with Gasteiger partial charge in [-0.3, -0.25) is 4.99 Å². The molecule has 1 aliphatic heterocycles. The van der Waals surface area contributed by atoms with Crippen molar-refractivity contribution in [1.82, 2.24) is 15.0 Å². The number of rotatable bonds is 5. The number of benzene rings is 1. The number of imidazole rings is 1. The SMILES string of the molecule is C/C=C(\C)ONC1=NCCO/C1=C/c1ccc(-n2cnc(C)c2)c(OC)c1. The number of aryl methyl sites for hydroxylation is 1. The number of nitrogens with zero attached hydrogens (tertiary/aromatic N) is 3. The molecule has 0 spiro atoms. The van der Waals surface area contributed by atoms with Crippen LogP contribution in [-0.2, 0) is 9.57 Å². The van der Waals surface area contributed by atoms with Crippen LogP contribution in [0, 0.1) is 6.92 Å². The molecule has 0 radical (unpaired) electrons. The summed E-state index contributed by atoms with van der Waals surface area (Å²) < 4.78 is 13.3. The molecule has 3 rings (SSSR count). The van der Waals surface area contributed by atoms with Gasteiger partial charge in [0.15, 0.2) is 11.6 Å². The Hall–Kier alpha value is -3.22. The van der Waals surface area contributed by atoms with E-state index in [1.54, 1.807) is 13.4 Å². The molecule has 1 aromatic heterocycles. The van der Waals surface area contributed by atoms with Gasteiger partial charge in [-0.25, -0.2) is 10.5 Å². The fraction of sp³-hybridized carbons (Fsp3) is 0.300. The maximum Gasteiger partial charge on any atom is 0.198 e. The first-order valence-electron chi connectivity index (χ1n) is 8.75. The van der Waals surface area contributed by atoms with Crippen LogP contribution in [0.3, 0.4) is 0 Å². The highest BCUT2D eigenvalue weighted by Gasteiger charge is 2.15. The standard InChI is InChI=1S/C20H24N4O3/c1-5-15(3)27-23-20-19(26-9-8-21-20)11-16-6-7-17(18(10-16)25-4)24-12-14(2)22-13-24/h5-7,10-13H,8-9H2,1-4H3,(H,21,23)/b15-5+,19-11+. The van der Waals surface area contributed by atoms with Gasteiger partial charge in [-0.05, 0) is 50.6 Å². The van der Waals surface area contributed by atoms with Gasteiger partial charge in [-0.15, -0.1) is 0 Å². The first kappa shape index (κ1) is 18.6. The summed E-state index contributed by atoms with van der Waals surface area (Å²) in [6.45, 7) is 6.83. The summed E-state index contributed by atoms with van der Waals surface area (Å²) >= 11 is 0. The second-order valence-corrected chi connectivity index (χ2v) is 6.04. The quantitative estimate of drug-likeness (QED) is 0.647. The van der Waals surface area contributed by atoms with Gasteiger partial charge in [-0.2, -0.15) is 0 Å². The Kier molecular flexibility index (Phi) is 5.80. The predicted molar refractivity (Wildman–Crippen MR) is 105 cm³/mol. The Morgan fingerprint density at radius 2 is 2.22 bits per heavy atom. The molecule has 7 heteroatoms. The number of hydrogen-bond donors (Lipinski definition) is 1. The molecular weight excluding hydrogens is 344 g/mol. The van der Waals surface area contributed by atoms with Crippen LogP contribution in [0.25, 0.3) is 11.8 Å². The average Bonchev–Trinajstić information content (AvgIpc) is 3.13. The fourth-order valence-electron chi connectivity index (χ4n) is 2.54. The highest BCUT2D eigenvalue weighted by Crippen LogP contribution is 2.26. The van der Waals surface area contributed by atoms with Crippen LogP contribution in [0.15, 0.2) is 53.3 Å². The molecule has 0 unspecified atom stereocenters. The van der Waals surface area contributed by atoms with Crippen molar-refractivity contribution in [1.29, 1.82) is 0 Å². The van der Waals surface area contributed by atoms with Crippen molar-refractivity contribution >= 4 is 11.9 Å². The lowest BCUT2D eigenvalue weighted by atomic mass is 10.1. The number of nitrogens with one attached hydrogen (secondary N) is 1. The van der Waals surface area contributed by atoms with E-state index in [9.17, 15) is 0 Å². The number of hydroxylamine groups is 1. The van der Waals surface area contributed by atoms with E-state index in [-0.39, 0.29) is 0 Å². The zero-order valence-corrected chi connectivity index (χ0v) is 16.0. The van der Waals surface area contributed by atoms with Crippen LogP contribution in [0.1, 0.15) is 25.1 Å². The topological polar surface area (TPSA) is 69.9 Å². The second kappa shape index (κ2) is 8.44. The predicted octanol–water partition coefficient (Wildman–Crippen LogP) is 3.40. The van der Waals surface area contributed by atoms with Crippen molar-refractivity contribution in [3.05, 3.63) is 59.6 Å². The summed E-state index contributed by atoms with van der Waals surface area (Å²) in [5, 5.41) is 0. The zero-order chi connectivity index (χ0) is 19.2. The lowest BCUT2D eigenvalue weighted by Gasteiger charge is -2.19. The van der Waals surface area contributed by atoms with E-state index in [1.807, 2.05) is 61.9 Å². The molecule has 0 fully saturated rings. The maximum absolute atomic E-state index is 5.76. The van der Waals surface area contributed by atoms with Gasteiger partial charge in [0.2, 0.25) is 0 Å². The number of ether oxygens (including phenoxy) is 2. The van der Waals surface area contributed by atoms with Crippen LogP contribution in [0.4, 0.5) is 0 Å². The van der Waals surface area contributed by atoms with E-state index in [2.05, 4.69) is 15.5 Å². The number of amidine groups is 1. The van der Waals surface area contributed by atoms with Crippen LogP contribution >= 0.6 is 0 Å². The minimum Gasteiger partial charge on any atom is -0.495 e. The Morgan fingerprint density at radius 1 is 1.37 bits per heavy atom. The molecule has 2 heterocycles. The minimum absolute atomic E-state index is 0.531. The summed E-state index contributed by atoms with van der Waals surface area (Å²) in [5.74, 6) is 2.68. The summed E-state index contributed by atoms with van der Waals surface area (Å²) in [6.07, 6.45) is 7.49. The summed E-state index contributed by atoms with van der Waals surface area (Å²) in [6, 6.07) is 5.93. The molecule has 0 aliphatic carbocycles. The molecule has 27 heavy (non-hydrogen) atoms. The zero-order valence-electron chi connectivity index (χ0n) is 16.0. The third kappa shape index (κ3) is 4.49. The highest BCUT2D eigenvalue weighted by molar-refractivity contribution is 6.00. The second-order valence-electron chi connectivity index (χ2n) is 6.04. The smallest absolute Gasteiger partial charge is 0.198 e. The Morgan fingerprint density at radius 3 is 2.93 bits per heavy atom. The lowest BCUT2D eigenvalue weighted by Crippen LogP contribution is -2.30. The molecule has 2 aromatic rings. The largest absolute Gasteiger partial charge is 0.495 e. The number of aliphatic imine (C=N–C) groups is 1. The monoisotopic (exact) mass is 368 g/mol. The molecule has 0 saturated heterocycles. The summed E-state index contributed by atoms with van der Waals surface area (Å²) in [7, 11) is 1.65. The molecule has 0 atom stereocenters. The molecule has 0 bridgehead atoms. The van der Waals surface area contributed by atoms with Gasteiger partial charge < -0.3 is 18.9 Å². The van der Waals surface area contributed by atoms with E-state index >= 15 is 0 Å². The lowest BCUT2D eigenvalue weighted by molar-refractivity contribution is 0.148. The van der Waals surface area contributed by atoms with Gasteiger partial charge in [0, 0.05) is 6.20 Å². The van der Waals surface area contributed by atoms with E-state index in [0.717, 1.165) is 28.5 Å². The molecule has 1 N–H and O–H groups in total. The molecule has 1 aromatic carbocycles. The molecule has 0 saturated carbocycles. The third-order valence-electron chi connectivity index (χ3n) is 4.06. The Bertz CT molecular complexity index is 896. The number of hydrogen-bond acceptors (Lipinski definition) is 6. The van der Waals surface area contributed by atoms with Crippen molar-refractivity contribution in [2.75, 3.05) is 20.3 Å². The van der Waals surface area contributed by atoms with Crippen LogP contribution in [0.2, 0.25) is 0 Å². The number of aromatic nitrogens is 2. The van der Waals surface area contributed by atoms with Crippen molar-refractivity contribution in [3.63, 3.8) is 0 Å². The Labute approximate surface area is 158 Å². The number of methoxy groups -OCH3 is 1. The van der Waals surface area contributed by atoms with E-state index in [0.29, 0.717) is 24.7 Å². The van der Waals surface area contributed by atoms with Gasteiger partial charge >= 0.3 is 0 Å². The van der Waals surface area contributed by atoms with Crippen molar-refractivity contribution in [3.8, 4) is 11.4 Å². The Balaban J connectivity index is 1.86. The minimum atomic E-state index is 0.531. The third-order valence-corrected chi connectivity index (χ3v) is 4.06. The molecule has 7 nitrogen and oxygen atoms in total. The normalized spacial score (nSPS) is 15.9. The van der Waals surface area contributed by atoms with E-state index < -0.39 is 0 Å². The van der Waals surface area contributed by atoms with E-state index in [4.69, 9.17) is 14.3 Å². The molecule has 1 aliphatic rings. The van der Waals surface area contributed by atoms with Crippen molar-refractivity contribution < 1.29 is 14.3 Å². The molecule has 0 amide bonds. The molecule has 142 valence electrons. The van der Waals surface area contributed by atoms with Gasteiger partial charge in [0.1, 0.15) is 18.1 Å². The highest BCUT2D eigenvalue weighted by atomic mass is 16.7. The van der Waals surface area contributed by atoms with Crippen molar-refractivity contribution in [2.45, 2.75) is 20.8 Å². The first-order valence-corrected chi connectivity index (χ1v) is 8.75. The van der Waals surface area contributed by atoms with Gasteiger partial charge in [0.25, 0.3) is 0 Å². The van der Waals surface area contributed by atoms with Crippen molar-refractivity contribution in [2.24, 2.45) is 4.99 Å². The van der Waals surface area contributed by atoms with Crippen LogP contribution in [0.5, 0.6) is 5.75 Å². The average molecular weight is 368 g/mol. The summed E-state index contributed by atoms with van der Waals surface area (Å²) in [4.78, 5) is 14.2. The van der Waals surface area contributed by atoms with Gasteiger partial charge in [-0.1, -0.05) is 6.07 Å². The van der Waals surface area contributed by atoms with Crippen LogP contribution in [-0.4, -0.2) is 35.6 Å². The number of allylic oxidation sites excluding steroid dienone is 2. The molecular formula is C20H24N4O3. The maximum atomic E-state index is 5.76.